The lowest BCUT2D eigenvalue weighted by molar-refractivity contribution is 0.273. The van der Waals surface area contributed by atoms with Crippen LogP contribution in [-0.4, -0.2) is 24.2 Å². The molecule has 0 unspecified atom stereocenters. The smallest absolute Gasteiger partial charge is 0.135 e. The van der Waals surface area contributed by atoms with Crippen molar-refractivity contribution in [3.05, 3.63) is 36.5 Å². The minimum absolute atomic E-state index is 0.423. The quantitative estimate of drug-likeness (QED) is 0.809. The van der Waals surface area contributed by atoms with E-state index in [2.05, 4.69) is 4.98 Å². The molecule has 0 spiro atoms. The molecule has 0 bridgehead atoms. The molecule has 0 atom stereocenters. The number of pyridine rings is 1. The fourth-order valence-corrected chi connectivity index (χ4v) is 2.18. The Morgan fingerprint density at radius 2 is 1.95 bits per heavy atom. The molecular weight excluding hydrogens is 243 g/mol. The van der Waals surface area contributed by atoms with E-state index < -0.39 is 6.17 Å². The first-order valence-corrected chi connectivity index (χ1v) is 6.14. The maximum Gasteiger partial charge on any atom is 0.135 e. The summed E-state index contributed by atoms with van der Waals surface area (Å²) < 4.78 is 12.8. The van der Waals surface area contributed by atoms with E-state index in [4.69, 9.17) is 11.5 Å². The molecule has 4 N–H and O–H groups in total. The van der Waals surface area contributed by atoms with Gasteiger partial charge in [0.05, 0.1) is 24.5 Å². The van der Waals surface area contributed by atoms with Crippen molar-refractivity contribution < 1.29 is 4.39 Å². The zero-order chi connectivity index (χ0) is 13.4. The first kappa shape index (κ1) is 11.8. The number of anilines is 3. The van der Waals surface area contributed by atoms with E-state index in [-0.39, 0.29) is 0 Å². The highest BCUT2D eigenvalue weighted by Crippen LogP contribution is 2.30. The Labute approximate surface area is 110 Å². The Morgan fingerprint density at radius 3 is 2.58 bits per heavy atom. The number of benzene rings is 1. The summed E-state index contributed by atoms with van der Waals surface area (Å²) in [4.78, 5) is 6.25. The molecule has 2 aromatic rings. The van der Waals surface area contributed by atoms with Crippen molar-refractivity contribution in [3.63, 3.8) is 0 Å². The lowest BCUT2D eigenvalue weighted by atomic mass is 10.0. The molecule has 5 heteroatoms. The molecule has 2 heterocycles. The molecule has 1 aliphatic heterocycles. The Hall–Kier alpha value is -2.30. The lowest BCUT2D eigenvalue weighted by Gasteiger charge is -2.35. The number of nitrogens with two attached hydrogens (primary N) is 2. The van der Waals surface area contributed by atoms with E-state index in [1.165, 1.54) is 0 Å². The van der Waals surface area contributed by atoms with Crippen molar-refractivity contribution in [1.82, 2.24) is 4.98 Å². The number of hydrogen-bond acceptors (Lipinski definition) is 4. The van der Waals surface area contributed by atoms with Gasteiger partial charge in [-0.3, -0.25) is 0 Å². The minimum Gasteiger partial charge on any atom is -0.397 e. The Kier molecular flexibility index (Phi) is 2.74. The van der Waals surface area contributed by atoms with Crippen molar-refractivity contribution in [2.45, 2.75) is 6.17 Å². The summed E-state index contributed by atoms with van der Waals surface area (Å²) >= 11 is 0. The van der Waals surface area contributed by atoms with Crippen LogP contribution in [0.3, 0.4) is 0 Å². The second kappa shape index (κ2) is 4.42. The van der Waals surface area contributed by atoms with Gasteiger partial charge in [0.15, 0.2) is 0 Å². The van der Waals surface area contributed by atoms with Gasteiger partial charge in [0, 0.05) is 17.3 Å². The first-order valence-electron chi connectivity index (χ1n) is 6.14. The molecule has 19 heavy (non-hydrogen) atoms. The Morgan fingerprint density at radius 1 is 1.16 bits per heavy atom. The third-order valence-electron chi connectivity index (χ3n) is 3.36. The third-order valence-corrected chi connectivity index (χ3v) is 3.36. The number of nitrogen functional groups attached to an aromatic ring is 2. The van der Waals surface area contributed by atoms with E-state index in [1.807, 2.05) is 29.2 Å². The van der Waals surface area contributed by atoms with Crippen molar-refractivity contribution in [2.24, 2.45) is 0 Å². The number of nitrogens with zero attached hydrogens (tertiary/aromatic N) is 2. The molecule has 3 rings (SSSR count). The summed E-state index contributed by atoms with van der Waals surface area (Å²) in [6.07, 6.45) is 1.01. The van der Waals surface area contributed by atoms with Gasteiger partial charge in [-0.1, -0.05) is 12.1 Å². The van der Waals surface area contributed by atoms with Gasteiger partial charge >= 0.3 is 0 Å². The average molecular weight is 258 g/mol. The van der Waals surface area contributed by atoms with Crippen molar-refractivity contribution >= 4 is 17.2 Å². The van der Waals surface area contributed by atoms with Crippen LogP contribution < -0.4 is 16.4 Å². The lowest BCUT2D eigenvalue weighted by Crippen LogP contribution is -2.48. The van der Waals surface area contributed by atoms with Gasteiger partial charge in [-0.15, -0.1) is 0 Å². The Balaban J connectivity index is 1.88. The highest BCUT2D eigenvalue weighted by Gasteiger charge is 2.26. The fraction of sp³-hybridized carbons (Fsp3) is 0.214. The van der Waals surface area contributed by atoms with E-state index in [0.29, 0.717) is 24.5 Å². The van der Waals surface area contributed by atoms with Crippen LogP contribution in [0, 0.1) is 0 Å². The number of rotatable bonds is 2. The second-order valence-corrected chi connectivity index (χ2v) is 4.72. The predicted octanol–water partition coefficient (Wildman–Crippen LogP) is 2.07. The monoisotopic (exact) mass is 258 g/mol. The van der Waals surface area contributed by atoms with E-state index in [1.54, 1.807) is 12.3 Å². The fourth-order valence-electron chi connectivity index (χ4n) is 2.18. The highest BCUT2D eigenvalue weighted by atomic mass is 19.1. The summed E-state index contributed by atoms with van der Waals surface area (Å²) in [5.74, 6) is 0.792. The summed E-state index contributed by atoms with van der Waals surface area (Å²) in [5.41, 5.74) is 14.6. The van der Waals surface area contributed by atoms with E-state index in [9.17, 15) is 4.39 Å². The first-order chi connectivity index (χ1) is 9.15. The van der Waals surface area contributed by atoms with Crippen LogP contribution in [0.4, 0.5) is 21.6 Å². The van der Waals surface area contributed by atoms with Gasteiger partial charge in [-0.05, 0) is 18.2 Å². The molecule has 1 fully saturated rings. The summed E-state index contributed by atoms with van der Waals surface area (Å²) in [6.45, 7) is 0.847. The molecule has 0 amide bonds. The minimum atomic E-state index is -0.731. The van der Waals surface area contributed by atoms with Gasteiger partial charge in [0.2, 0.25) is 0 Å². The van der Waals surface area contributed by atoms with Gasteiger partial charge in [0.25, 0.3) is 0 Å². The Bertz CT molecular complexity index is 591. The summed E-state index contributed by atoms with van der Waals surface area (Å²) in [6, 6.07) is 9.34. The van der Waals surface area contributed by atoms with E-state index >= 15 is 0 Å². The summed E-state index contributed by atoms with van der Waals surface area (Å²) in [7, 11) is 0. The molecule has 1 aromatic heterocycles. The molecule has 4 nitrogen and oxygen atoms in total. The van der Waals surface area contributed by atoms with Crippen LogP contribution in [0.5, 0.6) is 0 Å². The number of alkyl halides is 1. The number of halogens is 1. The van der Waals surface area contributed by atoms with E-state index in [0.717, 1.165) is 16.9 Å². The van der Waals surface area contributed by atoms with Crippen LogP contribution in [-0.2, 0) is 0 Å². The second-order valence-electron chi connectivity index (χ2n) is 4.72. The van der Waals surface area contributed by atoms with Crippen molar-refractivity contribution in [2.75, 3.05) is 29.5 Å². The SMILES string of the molecule is Nc1cccc(-c2ccc(N3CC(F)C3)nc2)c1N. The molecule has 1 saturated heterocycles. The van der Waals surface area contributed by atoms with Crippen LogP contribution in [0.1, 0.15) is 0 Å². The zero-order valence-corrected chi connectivity index (χ0v) is 10.4. The zero-order valence-electron chi connectivity index (χ0n) is 10.4. The third kappa shape index (κ3) is 2.07. The van der Waals surface area contributed by atoms with Crippen LogP contribution in [0.2, 0.25) is 0 Å². The molecule has 0 saturated carbocycles. The average Bonchev–Trinajstić information content (AvgIpc) is 2.39. The highest BCUT2D eigenvalue weighted by molar-refractivity contribution is 5.84. The van der Waals surface area contributed by atoms with Gasteiger partial charge in [-0.2, -0.15) is 0 Å². The van der Waals surface area contributed by atoms with Crippen molar-refractivity contribution in [3.8, 4) is 11.1 Å². The standard InChI is InChI=1S/C14H15FN4/c15-10-7-19(8-10)13-5-4-9(6-18-13)11-2-1-3-12(16)14(11)17/h1-6,10H,7-8,16-17H2. The van der Waals surface area contributed by atoms with Crippen LogP contribution >= 0.6 is 0 Å². The number of hydrogen-bond donors (Lipinski definition) is 2. The molecule has 98 valence electrons. The van der Waals surface area contributed by atoms with Gasteiger partial charge < -0.3 is 16.4 Å². The van der Waals surface area contributed by atoms with Gasteiger partial charge in [-0.25, -0.2) is 9.37 Å². The molecular formula is C14H15FN4. The normalized spacial score (nSPS) is 15.3. The molecule has 1 aliphatic rings. The van der Waals surface area contributed by atoms with Crippen LogP contribution in [0.15, 0.2) is 36.5 Å². The topological polar surface area (TPSA) is 68.2 Å². The molecule has 0 aliphatic carbocycles. The van der Waals surface area contributed by atoms with Crippen LogP contribution in [0.25, 0.3) is 11.1 Å². The van der Waals surface area contributed by atoms with Gasteiger partial charge in [0.1, 0.15) is 12.0 Å². The molecule has 1 aromatic carbocycles. The number of para-hydroxylation sites is 1. The largest absolute Gasteiger partial charge is 0.397 e. The summed E-state index contributed by atoms with van der Waals surface area (Å²) in [5, 5.41) is 0. The maximum atomic E-state index is 12.8. The van der Waals surface area contributed by atoms with Crippen molar-refractivity contribution in [1.29, 1.82) is 0 Å². The maximum absolute atomic E-state index is 12.8. The molecule has 0 radical (unpaired) electrons. The number of aromatic nitrogens is 1. The predicted molar refractivity (Wildman–Crippen MR) is 75.6 cm³/mol.